The molecular formula is C21H19N3O3. The van der Waals surface area contributed by atoms with Crippen molar-refractivity contribution in [1.82, 2.24) is 15.3 Å². The Balaban J connectivity index is 1.85. The van der Waals surface area contributed by atoms with E-state index in [0.29, 0.717) is 28.7 Å². The van der Waals surface area contributed by atoms with Crippen molar-refractivity contribution in [2.75, 3.05) is 7.11 Å². The fraction of sp³-hybridized carbons (Fsp3) is 0.143. The molecule has 1 heterocycles. The average Bonchev–Trinajstić information content (AvgIpc) is 2.72. The predicted molar refractivity (Wildman–Crippen MR) is 102 cm³/mol. The molecule has 0 atom stereocenters. The molecule has 0 bridgehead atoms. The van der Waals surface area contributed by atoms with Crippen molar-refractivity contribution in [2.45, 2.75) is 13.5 Å². The van der Waals surface area contributed by atoms with Crippen molar-refractivity contribution >= 4 is 12.2 Å². The smallest absolute Gasteiger partial charge is 0.252 e. The zero-order valence-electron chi connectivity index (χ0n) is 15.1. The molecule has 0 saturated heterocycles. The van der Waals surface area contributed by atoms with Crippen LogP contribution in [0.25, 0.3) is 11.1 Å². The van der Waals surface area contributed by atoms with Gasteiger partial charge in [0, 0.05) is 11.8 Å². The maximum atomic E-state index is 12.6. The lowest BCUT2D eigenvalue weighted by Gasteiger charge is -2.11. The highest BCUT2D eigenvalue weighted by Gasteiger charge is 2.15. The third kappa shape index (κ3) is 4.17. The number of carbonyl (C=O) groups excluding carboxylic acids is 2. The first kappa shape index (κ1) is 18.3. The van der Waals surface area contributed by atoms with Gasteiger partial charge in [0.15, 0.2) is 6.29 Å². The summed E-state index contributed by atoms with van der Waals surface area (Å²) in [6.45, 7) is 2.08. The Kier molecular flexibility index (Phi) is 5.56. The highest BCUT2D eigenvalue weighted by molar-refractivity contribution is 6.05. The first-order chi connectivity index (χ1) is 13.1. The molecule has 0 aliphatic rings. The number of aldehydes is 1. The van der Waals surface area contributed by atoms with Gasteiger partial charge in [0.25, 0.3) is 5.91 Å². The Morgan fingerprint density at radius 2 is 1.89 bits per heavy atom. The van der Waals surface area contributed by atoms with Gasteiger partial charge in [0.1, 0.15) is 5.75 Å². The summed E-state index contributed by atoms with van der Waals surface area (Å²) in [5.74, 6) is 0.384. The van der Waals surface area contributed by atoms with Crippen LogP contribution in [0.3, 0.4) is 0 Å². The van der Waals surface area contributed by atoms with Gasteiger partial charge >= 0.3 is 0 Å². The minimum atomic E-state index is -0.338. The number of aromatic nitrogens is 2. The van der Waals surface area contributed by atoms with Gasteiger partial charge in [-0.1, -0.05) is 24.3 Å². The molecule has 0 unspecified atom stereocenters. The van der Waals surface area contributed by atoms with Gasteiger partial charge in [0.2, 0.25) is 0 Å². The Labute approximate surface area is 157 Å². The van der Waals surface area contributed by atoms with Crippen molar-refractivity contribution in [3.63, 3.8) is 0 Å². The van der Waals surface area contributed by atoms with Gasteiger partial charge in [0.05, 0.1) is 36.8 Å². The Hall–Kier alpha value is -3.54. The van der Waals surface area contributed by atoms with E-state index in [1.54, 1.807) is 31.6 Å². The fourth-order valence-electron chi connectivity index (χ4n) is 2.69. The highest BCUT2D eigenvalue weighted by atomic mass is 16.5. The SMILES string of the molecule is COc1ccc(-c2cccc(C(=O)NCc3cnc(C)cn3)c2C=O)cc1. The maximum Gasteiger partial charge on any atom is 0.252 e. The number of methoxy groups -OCH3 is 1. The second kappa shape index (κ2) is 8.23. The normalized spacial score (nSPS) is 10.3. The number of aryl methyl sites for hydroxylation is 1. The number of hydrogen-bond donors (Lipinski definition) is 1. The van der Waals surface area contributed by atoms with Crippen molar-refractivity contribution in [3.8, 4) is 16.9 Å². The third-order valence-electron chi connectivity index (χ3n) is 4.13. The van der Waals surface area contributed by atoms with Crippen LogP contribution in [0, 0.1) is 6.92 Å². The number of ether oxygens (including phenoxy) is 1. The van der Waals surface area contributed by atoms with Gasteiger partial charge in [-0.15, -0.1) is 0 Å². The molecule has 0 saturated carbocycles. The summed E-state index contributed by atoms with van der Waals surface area (Å²) < 4.78 is 5.16. The predicted octanol–water partition coefficient (Wildman–Crippen LogP) is 3.20. The molecule has 6 heteroatoms. The van der Waals surface area contributed by atoms with E-state index in [0.717, 1.165) is 17.0 Å². The van der Waals surface area contributed by atoms with Gasteiger partial charge in [-0.2, -0.15) is 0 Å². The summed E-state index contributed by atoms with van der Waals surface area (Å²) in [5, 5.41) is 2.79. The molecule has 1 N–H and O–H groups in total. The molecule has 0 spiro atoms. The first-order valence-corrected chi connectivity index (χ1v) is 8.40. The minimum absolute atomic E-state index is 0.233. The number of amides is 1. The standard InChI is InChI=1S/C21H19N3O3/c1-14-10-23-16(11-22-14)12-24-21(26)19-5-3-4-18(20(19)13-25)15-6-8-17(27-2)9-7-15/h3-11,13H,12H2,1-2H3,(H,24,26). The van der Waals surface area contributed by atoms with Crippen molar-refractivity contribution in [3.05, 3.63) is 77.4 Å². The molecule has 3 aromatic rings. The van der Waals surface area contributed by atoms with Crippen LogP contribution in [-0.2, 0) is 6.54 Å². The van der Waals surface area contributed by atoms with Crippen LogP contribution in [0.15, 0.2) is 54.9 Å². The molecule has 0 aliphatic heterocycles. The van der Waals surface area contributed by atoms with Crippen LogP contribution >= 0.6 is 0 Å². The molecular weight excluding hydrogens is 342 g/mol. The van der Waals surface area contributed by atoms with E-state index in [1.165, 1.54) is 0 Å². The van der Waals surface area contributed by atoms with Gasteiger partial charge in [-0.3, -0.25) is 19.6 Å². The van der Waals surface area contributed by atoms with Gasteiger partial charge < -0.3 is 10.1 Å². The number of carbonyl (C=O) groups is 2. The zero-order chi connectivity index (χ0) is 19.2. The lowest BCUT2D eigenvalue weighted by molar-refractivity contribution is 0.0945. The topological polar surface area (TPSA) is 81.2 Å². The number of benzene rings is 2. The fourth-order valence-corrected chi connectivity index (χ4v) is 2.69. The Morgan fingerprint density at radius 1 is 1.11 bits per heavy atom. The zero-order valence-corrected chi connectivity index (χ0v) is 15.1. The summed E-state index contributed by atoms with van der Waals surface area (Å²) in [5.41, 5.74) is 3.63. The van der Waals surface area contributed by atoms with E-state index in [9.17, 15) is 9.59 Å². The van der Waals surface area contributed by atoms with Crippen LogP contribution in [0.5, 0.6) is 5.75 Å². The first-order valence-electron chi connectivity index (χ1n) is 8.40. The van der Waals surface area contributed by atoms with Crippen LogP contribution in [0.4, 0.5) is 0 Å². The number of nitrogens with one attached hydrogen (secondary N) is 1. The summed E-state index contributed by atoms with van der Waals surface area (Å²) in [4.78, 5) is 32.7. The monoisotopic (exact) mass is 361 g/mol. The summed E-state index contributed by atoms with van der Waals surface area (Å²) in [7, 11) is 1.59. The molecule has 3 rings (SSSR count). The molecule has 1 aromatic heterocycles. The number of hydrogen-bond acceptors (Lipinski definition) is 5. The Morgan fingerprint density at radius 3 is 2.52 bits per heavy atom. The van der Waals surface area contributed by atoms with Crippen molar-refractivity contribution < 1.29 is 14.3 Å². The lowest BCUT2D eigenvalue weighted by atomic mass is 9.95. The lowest BCUT2D eigenvalue weighted by Crippen LogP contribution is -2.24. The molecule has 2 aromatic carbocycles. The second-order valence-electron chi connectivity index (χ2n) is 5.94. The molecule has 0 radical (unpaired) electrons. The van der Waals surface area contributed by atoms with Gasteiger partial charge in [-0.05, 0) is 36.2 Å². The molecule has 1 amide bonds. The summed E-state index contributed by atoms with van der Waals surface area (Å²) in [6, 6.07) is 12.5. The van der Waals surface area contributed by atoms with Crippen LogP contribution < -0.4 is 10.1 Å². The molecule has 0 aliphatic carbocycles. The average molecular weight is 361 g/mol. The van der Waals surface area contributed by atoms with Crippen molar-refractivity contribution in [1.29, 1.82) is 0 Å². The quantitative estimate of drug-likeness (QED) is 0.682. The summed E-state index contributed by atoms with van der Waals surface area (Å²) in [6.07, 6.45) is 3.97. The van der Waals surface area contributed by atoms with E-state index < -0.39 is 0 Å². The van der Waals surface area contributed by atoms with Crippen LogP contribution in [0.1, 0.15) is 32.1 Å². The van der Waals surface area contributed by atoms with E-state index in [1.807, 2.05) is 37.3 Å². The number of nitrogens with zero attached hydrogens (tertiary/aromatic N) is 2. The largest absolute Gasteiger partial charge is 0.497 e. The highest BCUT2D eigenvalue weighted by Crippen LogP contribution is 2.27. The van der Waals surface area contributed by atoms with Gasteiger partial charge in [-0.25, -0.2) is 0 Å². The molecule has 6 nitrogen and oxygen atoms in total. The van der Waals surface area contributed by atoms with Crippen LogP contribution in [-0.4, -0.2) is 29.3 Å². The minimum Gasteiger partial charge on any atom is -0.497 e. The van der Waals surface area contributed by atoms with E-state index in [4.69, 9.17) is 4.74 Å². The molecule has 0 fully saturated rings. The molecule has 27 heavy (non-hydrogen) atoms. The third-order valence-corrected chi connectivity index (χ3v) is 4.13. The van der Waals surface area contributed by atoms with Crippen molar-refractivity contribution in [2.24, 2.45) is 0 Å². The second-order valence-corrected chi connectivity index (χ2v) is 5.94. The number of rotatable bonds is 6. The van der Waals surface area contributed by atoms with E-state index >= 15 is 0 Å². The van der Waals surface area contributed by atoms with E-state index in [-0.39, 0.29) is 12.5 Å². The van der Waals surface area contributed by atoms with Crippen LogP contribution in [0.2, 0.25) is 0 Å². The summed E-state index contributed by atoms with van der Waals surface area (Å²) >= 11 is 0. The Bertz CT molecular complexity index is 951. The molecule has 136 valence electrons. The maximum absolute atomic E-state index is 12.6. The van der Waals surface area contributed by atoms with E-state index in [2.05, 4.69) is 15.3 Å².